The van der Waals surface area contributed by atoms with Gasteiger partial charge in [-0.15, -0.1) is 0 Å². The van der Waals surface area contributed by atoms with Crippen LogP contribution in [0.3, 0.4) is 0 Å². The largest absolute Gasteiger partial charge is 0.497 e. The Hall–Kier alpha value is -2.29. The van der Waals surface area contributed by atoms with Crippen LogP contribution in [-0.4, -0.2) is 17.7 Å². The van der Waals surface area contributed by atoms with Crippen LogP contribution in [0.1, 0.15) is 49.5 Å². The van der Waals surface area contributed by atoms with Crippen LogP contribution >= 0.6 is 0 Å². The SMILES string of the molecule is CC(=Cc1ccc(C(=O)O)cc1)C1CCC(C)(C)C2=C1C=COC2. The van der Waals surface area contributed by atoms with Crippen molar-refractivity contribution in [2.45, 2.75) is 33.6 Å². The van der Waals surface area contributed by atoms with E-state index in [0.717, 1.165) is 18.4 Å². The molecule has 1 atom stereocenters. The lowest BCUT2D eigenvalue weighted by atomic mass is 9.66. The molecule has 1 aliphatic heterocycles. The van der Waals surface area contributed by atoms with Gasteiger partial charge in [0.15, 0.2) is 0 Å². The van der Waals surface area contributed by atoms with E-state index in [0.29, 0.717) is 18.1 Å². The molecule has 1 aromatic rings. The Bertz CT molecular complexity index is 733. The molecule has 0 aromatic heterocycles. The highest BCUT2D eigenvalue weighted by Crippen LogP contribution is 2.46. The fourth-order valence-electron chi connectivity index (χ4n) is 3.72. The van der Waals surface area contributed by atoms with E-state index in [1.54, 1.807) is 12.1 Å². The van der Waals surface area contributed by atoms with E-state index in [2.05, 4.69) is 32.9 Å². The highest BCUT2D eigenvalue weighted by Gasteiger charge is 2.35. The van der Waals surface area contributed by atoms with Crippen molar-refractivity contribution in [1.82, 2.24) is 0 Å². The van der Waals surface area contributed by atoms with Gasteiger partial charge in [0, 0.05) is 5.92 Å². The molecule has 0 saturated carbocycles. The summed E-state index contributed by atoms with van der Waals surface area (Å²) in [7, 11) is 0. The molecule has 3 heteroatoms. The first-order chi connectivity index (χ1) is 11.4. The van der Waals surface area contributed by atoms with Crippen LogP contribution in [-0.2, 0) is 4.74 Å². The smallest absolute Gasteiger partial charge is 0.335 e. The summed E-state index contributed by atoms with van der Waals surface area (Å²) >= 11 is 0. The molecule has 24 heavy (non-hydrogen) atoms. The second kappa shape index (κ2) is 6.31. The minimum Gasteiger partial charge on any atom is -0.497 e. The third-order valence-electron chi connectivity index (χ3n) is 5.27. The van der Waals surface area contributed by atoms with Crippen LogP contribution in [0.15, 0.2) is 53.3 Å². The molecule has 3 rings (SSSR count). The van der Waals surface area contributed by atoms with Gasteiger partial charge < -0.3 is 9.84 Å². The number of aromatic carboxylic acids is 1. The third kappa shape index (κ3) is 3.16. The van der Waals surface area contributed by atoms with E-state index in [1.807, 2.05) is 18.4 Å². The highest BCUT2D eigenvalue weighted by atomic mass is 16.5. The standard InChI is InChI=1S/C21H24O3/c1-14(12-15-4-6-16(7-5-15)20(22)23)17-8-10-21(2,3)19-13-24-11-9-18(17)19/h4-7,9,11-12,17H,8,10,13H2,1-3H3,(H,22,23). The summed E-state index contributed by atoms with van der Waals surface area (Å²) in [5.41, 5.74) is 5.68. The summed E-state index contributed by atoms with van der Waals surface area (Å²) in [5.74, 6) is -0.480. The monoisotopic (exact) mass is 324 g/mol. The lowest BCUT2D eigenvalue weighted by molar-refractivity contribution is 0.0697. The van der Waals surface area contributed by atoms with Gasteiger partial charge in [-0.3, -0.25) is 0 Å². The Morgan fingerprint density at radius 1 is 1.29 bits per heavy atom. The van der Waals surface area contributed by atoms with Crippen molar-refractivity contribution < 1.29 is 14.6 Å². The molecule has 0 spiro atoms. The summed E-state index contributed by atoms with van der Waals surface area (Å²) in [6.45, 7) is 7.45. The van der Waals surface area contributed by atoms with Crippen molar-refractivity contribution in [1.29, 1.82) is 0 Å². The van der Waals surface area contributed by atoms with Crippen molar-refractivity contribution >= 4 is 12.0 Å². The molecule has 1 aliphatic carbocycles. The normalized spacial score (nSPS) is 22.8. The molecule has 0 amide bonds. The minimum atomic E-state index is -0.890. The zero-order valence-corrected chi connectivity index (χ0v) is 14.5. The number of allylic oxidation sites excluding steroid dienone is 3. The Balaban J connectivity index is 1.90. The van der Waals surface area contributed by atoms with Crippen molar-refractivity contribution in [2.75, 3.05) is 6.61 Å². The molecule has 0 fully saturated rings. The topological polar surface area (TPSA) is 46.5 Å². The predicted molar refractivity (Wildman–Crippen MR) is 95.7 cm³/mol. The molecule has 1 unspecified atom stereocenters. The van der Waals surface area contributed by atoms with E-state index >= 15 is 0 Å². The maximum atomic E-state index is 11.0. The van der Waals surface area contributed by atoms with Gasteiger partial charge >= 0.3 is 5.97 Å². The molecule has 1 heterocycles. The van der Waals surface area contributed by atoms with Crippen molar-refractivity contribution in [3.05, 3.63) is 64.4 Å². The summed E-state index contributed by atoms with van der Waals surface area (Å²) in [5, 5.41) is 9.00. The van der Waals surface area contributed by atoms with Crippen LogP contribution in [0.2, 0.25) is 0 Å². The van der Waals surface area contributed by atoms with E-state index < -0.39 is 5.97 Å². The summed E-state index contributed by atoms with van der Waals surface area (Å²) in [6, 6.07) is 7.05. The molecule has 3 nitrogen and oxygen atoms in total. The molecule has 2 aliphatic rings. The van der Waals surface area contributed by atoms with E-state index in [-0.39, 0.29) is 5.41 Å². The predicted octanol–water partition coefficient (Wildman–Crippen LogP) is 5.06. The fourth-order valence-corrected chi connectivity index (χ4v) is 3.72. The second-order valence-corrected chi connectivity index (χ2v) is 7.34. The van der Waals surface area contributed by atoms with Crippen LogP contribution in [0.25, 0.3) is 6.08 Å². The number of carboxylic acids is 1. The number of hydrogen-bond acceptors (Lipinski definition) is 2. The van der Waals surface area contributed by atoms with Crippen molar-refractivity contribution in [3.8, 4) is 0 Å². The van der Waals surface area contributed by atoms with E-state index in [1.165, 1.54) is 16.7 Å². The van der Waals surface area contributed by atoms with Crippen LogP contribution in [0.5, 0.6) is 0 Å². The molecular formula is C21H24O3. The maximum Gasteiger partial charge on any atom is 0.335 e. The first-order valence-corrected chi connectivity index (χ1v) is 8.42. The van der Waals surface area contributed by atoms with E-state index in [4.69, 9.17) is 9.84 Å². The number of ether oxygens (including phenoxy) is 1. The molecule has 0 bridgehead atoms. The van der Waals surface area contributed by atoms with Crippen molar-refractivity contribution in [2.24, 2.45) is 11.3 Å². The Morgan fingerprint density at radius 3 is 2.67 bits per heavy atom. The number of carbonyl (C=O) groups is 1. The molecule has 1 N–H and O–H groups in total. The molecular weight excluding hydrogens is 300 g/mol. The van der Waals surface area contributed by atoms with Gasteiger partial charge in [0.2, 0.25) is 0 Å². The molecule has 1 aromatic carbocycles. The number of rotatable bonds is 3. The lowest BCUT2D eigenvalue weighted by Crippen LogP contribution is -2.29. The lowest BCUT2D eigenvalue weighted by Gasteiger charge is -2.40. The Labute approximate surface area is 143 Å². The summed E-state index contributed by atoms with van der Waals surface area (Å²) in [4.78, 5) is 11.0. The fraction of sp³-hybridized carbons (Fsp3) is 0.381. The third-order valence-corrected chi connectivity index (χ3v) is 5.27. The number of carboxylic acid groups (broad SMARTS) is 1. The van der Waals surface area contributed by atoms with Crippen molar-refractivity contribution in [3.63, 3.8) is 0 Å². The van der Waals surface area contributed by atoms with Gasteiger partial charge in [0.1, 0.15) is 6.61 Å². The Morgan fingerprint density at radius 2 is 2.00 bits per heavy atom. The van der Waals surface area contributed by atoms with Gasteiger partial charge in [-0.05, 0) is 60.1 Å². The maximum absolute atomic E-state index is 11.0. The van der Waals surface area contributed by atoms with Gasteiger partial charge in [-0.1, -0.05) is 37.6 Å². The van der Waals surface area contributed by atoms with Gasteiger partial charge in [-0.25, -0.2) is 4.79 Å². The van der Waals surface area contributed by atoms with Crippen LogP contribution < -0.4 is 0 Å². The highest BCUT2D eigenvalue weighted by molar-refractivity contribution is 5.87. The molecule has 0 saturated heterocycles. The molecule has 126 valence electrons. The summed E-state index contributed by atoms with van der Waals surface area (Å²) < 4.78 is 5.54. The first-order valence-electron chi connectivity index (χ1n) is 8.42. The second-order valence-electron chi connectivity index (χ2n) is 7.34. The number of hydrogen-bond donors (Lipinski definition) is 1. The van der Waals surface area contributed by atoms with Gasteiger partial charge in [0.05, 0.1) is 11.8 Å². The van der Waals surface area contributed by atoms with E-state index in [9.17, 15) is 4.79 Å². The average Bonchev–Trinajstić information content (AvgIpc) is 2.55. The summed E-state index contributed by atoms with van der Waals surface area (Å²) in [6.07, 6.45) is 8.38. The first kappa shape index (κ1) is 16.6. The van der Waals surface area contributed by atoms with Crippen LogP contribution in [0, 0.1) is 11.3 Å². The van der Waals surface area contributed by atoms with Crippen LogP contribution in [0.4, 0.5) is 0 Å². The Kier molecular flexibility index (Phi) is 4.35. The zero-order valence-electron chi connectivity index (χ0n) is 14.5. The zero-order chi connectivity index (χ0) is 17.3. The minimum absolute atomic E-state index is 0.194. The van der Waals surface area contributed by atoms with Gasteiger partial charge in [0.25, 0.3) is 0 Å². The number of benzene rings is 1. The average molecular weight is 324 g/mol. The molecule has 0 radical (unpaired) electrons. The van der Waals surface area contributed by atoms with Gasteiger partial charge in [-0.2, -0.15) is 0 Å². The quantitative estimate of drug-likeness (QED) is 0.845.